The molecule has 2 aliphatic rings. The summed E-state index contributed by atoms with van der Waals surface area (Å²) in [7, 11) is 0.675. The Balaban J connectivity index is 1.55. The van der Waals surface area contributed by atoms with Crippen LogP contribution in [0.5, 0.6) is 0 Å². The number of nitriles is 1. The van der Waals surface area contributed by atoms with Crippen molar-refractivity contribution in [2.75, 3.05) is 31.0 Å². The topological polar surface area (TPSA) is 118 Å². The van der Waals surface area contributed by atoms with Gasteiger partial charge in [0, 0.05) is 30.4 Å². The van der Waals surface area contributed by atoms with Crippen molar-refractivity contribution in [3.8, 4) is 6.07 Å². The lowest BCUT2D eigenvalue weighted by Crippen LogP contribution is -2.49. The van der Waals surface area contributed by atoms with Gasteiger partial charge in [-0.25, -0.2) is 9.78 Å². The van der Waals surface area contributed by atoms with Crippen LogP contribution in [0.15, 0.2) is 24.4 Å². The number of benzene rings is 1. The van der Waals surface area contributed by atoms with Gasteiger partial charge in [0.25, 0.3) is 0 Å². The molecule has 2 aromatic rings. The van der Waals surface area contributed by atoms with Crippen molar-refractivity contribution in [2.45, 2.75) is 39.2 Å². The van der Waals surface area contributed by atoms with Gasteiger partial charge in [-0.1, -0.05) is 31.5 Å². The second-order valence-corrected chi connectivity index (χ2v) is 9.75. The highest BCUT2D eigenvalue weighted by Crippen LogP contribution is 2.30. The van der Waals surface area contributed by atoms with E-state index < -0.39 is 13.1 Å². The zero-order valence-electron chi connectivity index (χ0n) is 19.4. The van der Waals surface area contributed by atoms with Crippen molar-refractivity contribution in [3.05, 3.63) is 35.0 Å². The van der Waals surface area contributed by atoms with E-state index >= 15 is 0 Å². The first-order chi connectivity index (χ1) is 16.3. The first kappa shape index (κ1) is 24.3. The molecule has 178 valence electrons. The van der Waals surface area contributed by atoms with E-state index in [0.29, 0.717) is 46.7 Å². The van der Waals surface area contributed by atoms with Crippen LogP contribution in [0.25, 0.3) is 0 Å². The van der Waals surface area contributed by atoms with Crippen molar-refractivity contribution in [1.29, 1.82) is 5.26 Å². The molecule has 1 aliphatic heterocycles. The maximum absolute atomic E-state index is 12.5. The third-order valence-electron chi connectivity index (χ3n) is 5.97. The summed E-state index contributed by atoms with van der Waals surface area (Å²) in [5.41, 5.74) is 1.42. The minimum Gasteiger partial charge on any atom is -0.465 e. The van der Waals surface area contributed by atoms with Crippen LogP contribution in [0.1, 0.15) is 43.5 Å². The third kappa shape index (κ3) is 5.44. The molecule has 2 fully saturated rings. The Morgan fingerprint density at radius 1 is 1.32 bits per heavy atom. The van der Waals surface area contributed by atoms with E-state index in [1.165, 1.54) is 13.3 Å². The van der Waals surface area contributed by atoms with Crippen molar-refractivity contribution >= 4 is 47.6 Å². The summed E-state index contributed by atoms with van der Waals surface area (Å²) in [6.07, 6.45) is 4.22. The molecule has 0 radical (unpaired) electrons. The minimum absolute atomic E-state index is 0.00377. The monoisotopic (exact) mass is 483 g/mol. The summed E-state index contributed by atoms with van der Waals surface area (Å²) in [6, 6.07) is 7.55. The number of esters is 1. The molecular formula is C23H27BClN5O4. The number of rotatable bonds is 6. The van der Waals surface area contributed by atoms with Gasteiger partial charge in [0.2, 0.25) is 5.95 Å². The van der Waals surface area contributed by atoms with Crippen LogP contribution in [-0.2, 0) is 14.0 Å². The fourth-order valence-electron chi connectivity index (χ4n) is 4.12. The normalized spacial score (nSPS) is 21.6. The fourth-order valence-corrected chi connectivity index (χ4v) is 4.26. The van der Waals surface area contributed by atoms with Gasteiger partial charge in [-0.05, 0) is 36.9 Å². The molecule has 1 saturated carbocycles. The predicted molar refractivity (Wildman–Crippen MR) is 130 cm³/mol. The highest BCUT2D eigenvalue weighted by Gasteiger charge is 2.36. The molecule has 0 spiro atoms. The molecule has 1 aromatic heterocycles. The van der Waals surface area contributed by atoms with Gasteiger partial charge >= 0.3 is 13.1 Å². The number of carbonyl (C=O) groups is 1. The maximum atomic E-state index is 12.5. The SMILES string of the molecule is COC(=O)c1cc(Nc2ncc(Cl)c(N[C@H]3CCCC3C#N)n2)ccc1B1OCC(C)(C)CO1. The van der Waals surface area contributed by atoms with Crippen molar-refractivity contribution in [3.63, 3.8) is 0 Å². The number of nitrogens with one attached hydrogen (secondary N) is 2. The van der Waals surface area contributed by atoms with E-state index in [1.54, 1.807) is 18.2 Å². The molecule has 2 heterocycles. The van der Waals surface area contributed by atoms with Crippen LogP contribution in [0.2, 0.25) is 5.02 Å². The maximum Gasteiger partial charge on any atom is 0.494 e. The Kier molecular flexibility index (Phi) is 7.26. The molecule has 0 bridgehead atoms. The number of aromatic nitrogens is 2. The van der Waals surface area contributed by atoms with E-state index in [2.05, 4.69) is 40.5 Å². The Morgan fingerprint density at radius 3 is 2.79 bits per heavy atom. The van der Waals surface area contributed by atoms with Crippen molar-refractivity contribution in [1.82, 2.24) is 9.97 Å². The van der Waals surface area contributed by atoms with Crippen molar-refractivity contribution in [2.24, 2.45) is 11.3 Å². The molecule has 1 aromatic carbocycles. The number of halogens is 1. The first-order valence-corrected chi connectivity index (χ1v) is 11.6. The minimum atomic E-state index is -0.654. The van der Waals surface area contributed by atoms with Gasteiger partial charge in [0.05, 0.1) is 30.9 Å². The van der Waals surface area contributed by atoms with Crippen molar-refractivity contribution < 1.29 is 18.8 Å². The van der Waals surface area contributed by atoms with Gasteiger partial charge in [0.1, 0.15) is 5.02 Å². The number of hydrogen-bond donors (Lipinski definition) is 2. The lowest BCUT2D eigenvalue weighted by molar-refractivity contribution is 0.0340. The summed E-state index contributed by atoms with van der Waals surface area (Å²) in [6.45, 7) is 5.14. The zero-order chi connectivity index (χ0) is 24.3. The molecule has 11 heteroatoms. The van der Waals surface area contributed by atoms with Crippen LogP contribution >= 0.6 is 11.6 Å². The molecule has 34 heavy (non-hydrogen) atoms. The average molecular weight is 484 g/mol. The number of methoxy groups -OCH3 is 1. The summed E-state index contributed by atoms with van der Waals surface area (Å²) >= 11 is 6.29. The lowest BCUT2D eigenvalue weighted by Gasteiger charge is -2.33. The van der Waals surface area contributed by atoms with Crippen LogP contribution in [-0.4, -0.2) is 49.4 Å². The largest absolute Gasteiger partial charge is 0.494 e. The number of nitrogens with zero attached hydrogens (tertiary/aromatic N) is 3. The highest BCUT2D eigenvalue weighted by molar-refractivity contribution is 6.63. The van der Waals surface area contributed by atoms with Gasteiger partial charge in [-0.15, -0.1) is 0 Å². The fraction of sp³-hybridized carbons (Fsp3) is 0.478. The van der Waals surface area contributed by atoms with Gasteiger partial charge in [-0.2, -0.15) is 10.2 Å². The molecule has 1 saturated heterocycles. The van der Waals surface area contributed by atoms with E-state index in [-0.39, 0.29) is 17.4 Å². The van der Waals surface area contributed by atoms with Crippen LogP contribution in [0.3, 0.4) is 0 Å². The summed E-state index contributed by atoms with van der Waals surface area (Å²) in [4.78, 5) is 21.2. The Morgan fingerprint density at radius 2 is 2.09 bits per heavy atom. The Hall–Kier alpha value is -2.87. The molecule has 2 atom stereocenters. The number of hydrogen-bond acceptors (Lipinski definition) is 9. The molecule has 0 amide bonds. The average Bonchev–Trinajstić information content (AvgIpc) is 3.28. The Bertz CT molecular complexity index is 1100. The first-order valence-electron chi connectivity index (χ1n) is 11.2. The zero-order valence-corrected chi connectivity index (χ0v) is 20.2. The van der Waals surface area contributed by atoms with Crippen LogP contribution in [0.4, 0.5) is 17.5 Å². The standard InChI is InChI=1S/C23H27BClN5O4/c1-23(2)12-33-24(34-13-23)17-8-7-15(9-16(17)21(31)32-3)28-22-27-11-18(25)20(30-22)29-19-6-4-5-14(19)10-26/h7-9,11,14,19H,4-6,12-13H2,1-3H3,(H2,27,28,29,30)/t14?,19-/m0/s1. The van der Waals surface area contributed by atoms with E-state index in [4.69, 9.17) is 25.6 Å². The quantitative estimate of drug-likeness (QED) is 0.470. The second-order valence-electron chi connectivity index (χ2n) is 9.34. The second kappa shape index (κ2) is 10.2. The summed E-state index contributed by atoms with van der Waals surface area (Å²) < 4.78 is 16.7. The number of ether oxygens (including phenoxy) is 1. The molecule has 1 aliphatic carbocycles. The highest BCUT2D eigenvalue weighted by atomic mass is 35.5. The van der Waals surface area contributed by atoms with Gasteiger partial charge in [-0.3, -0.25) is 0 Å². The van der Waals surface area contributed by atoms with Crippen LogP contribution in [0, 0.1) is 22.7 Å². The molecule has 2 N–H and O–H groups in total. The lowest BCUT2D eigenvalue weighted by atomic mass is 9.73. The molecular weight excluding hydrogens is 457 g/mol. The smallest absolute Gasteiger partial charge is 0.465 e. The third-order valence-corrected chi connectivity index (χ3v) is 6.24. The molecule has 9 nitrogen and oxygen atoms in total. The summed E-state index contributed by atoms with van der Waals surface area (Å²) in [5, 5.41) is 16.1. The molecule has 4 rings (SSSR count). The van der Waals surface area contributed by atoms with E-state index in [9.17, 15) is 10.1 Å². The number of anilines is 3. The van der Waals surface area contributed by atoms with Gasteiger partial charge in [0.15, 0.2) is 5.82 Å². The predicted octanol–water partition coefficient (Wildman–Crippen LogP) is 3.53. The van der Waals surface area contributed by atoms with Gasteiger partial charge < -0.3 is 24.7 Å². The van der Waals surface area contributed by atoms with E-state index in [0.717, 1.165) is 19.3 Å². The van der Waals surface area contributed by atoms with E-state index in [1.807, 2.05) is 0 Å². The Labute approximate surface area is 204 Å². The van der Waals surface area contributed by atoms with Crippen LogP contribution < -0.4 is 16.1 Å². The number of carbonyl (C=O) groups excluding carboxylic acids is 1. The molecule has 1 unspecified atom stereocenters. The summed E-state index contributed by atoms with van der Waals surface area (Å²) in [5.74, 6) is 0.183.